The number of aromatic nitrogens is 2. The number of hydrogen-bond donors (Lipinski definition) is 0. The van der Waals surface area contributed by atoms with Crippen LogP contribution in [0.25, 0.3) is 0 Å². The summed E-state index contributed by atoms with van der Waals surface area (Å²) >= 11 is 0.514. The maximum atomic E-state index is 13.5. The second kappa shape index (κ2) is 4.35. The van der Waals surface area contributed by atoms with Crippen molar-refractivity contribution in [2.75, 3.05) is 6.26 Å². The first-order valence-electron chi connectivity index (χ1n) is 5.24. The van der Waals surface area contributed by atoms with E-state index in [0.717, 1.165) is 5.69 Å². The zero-order valence-corrected chi connectivity index (χ0v) is 11.2. The fraction of sp³-hybridized carbons (Fsp3) is 0.727. The molecule has 5 heteroatoms. The molecule has 2 nitrogen and oxygen atoms in total. The van der Waals surface area contributed by atoms with Crippen LogP contribution in [0.15, 0.2) is 6.07 Å². The van der Waals surface area contributed by atoms with E-state index in [2.05, 4.69) is 5.10 Å². The molecule has 1 aromatic heterocycles. The number of nitrogens with zero attached hydrogens (tertiary/aromatic N) is 2. The molecule has 0 aliphatic heterocycles. The smallest absolute Gasteiger partial charge is 0.269 e. The molecule has 1 heterocycles. The van der Waals surface area contributed by atoms with Gasteiger partial charge >= 0.3 is 5.25 Å². The average molecular weight is 248 g/mol. The fourth-order valence-electron chi connectivity index (χ4n) is 1.51. The van der Waals surface area contributed by atoms with E-state index in [-0.39, 0.29) is 11.1 Å². The highest BCUT2D eigenvalue weighted by Gasteiger charge is 2.35. The molecular weight excluding hydrogens is 230 g/mol. The first-order chi connectivity index (χ1) is 7.22. The molecule has 0 atom stereocenters. The maximum absolute atomic E-state index is 13.5. The van der Waals surface area contributed by atoms with Crippen molar-refractivity contribution in [3.05, 3.63) is 17.5 Å². The molecule has 0 aliphatic carbocycles. The minimum Gasteiger partial charge on any atom is -0.269 e. The highest BCUT2D eigenvalue weighted by Crippen LogP contribution is 2.38. The summed E-state index contributed by atoms with van der Waals surface area (Å²) in [6, 6.07) is 1.51. The lowest BCUT2D eigenvalue weighted by Crippen LogP contribution is -2.17. The van der Waals surface area contributed by atoms with Gasteiger partial charge in [0.05, 0.1) is 0 Å². The number of rotatable bonds is 3. The Morgan fingerprint density at radius 3 is 2.25 bits per heavy atom. The molecule has 0 saturated carbocycles. The van der Waals surface area contributed by atoms with Gasteiger partial charge in [-0.3, -0.25) is 4.68 Å². The third kappa shape index (κ3) is 2.56. The predicted molar refractivity (Wildman–Crippen MR) is 64.0 cm³/mol. The Bertz CT molecular complexity index is 367. The van der Waals surface area contributed by atoms with Crippen LogP contribution >= 0.6 is 11.8 Å². The average Bonchev–Trinajstić information content (AvgIpc) is 2.61. The Hall–Kier alpha value is -0.580. The van der Waals surface area contributed by atoms with E-state index in [1.807, 2.05) is 27.7 Å². The van der Waals surface area contributed by atoms with Crippen molar-refractivity contribution in [2.24, 2.45) is 0 Å². The lowest BCUT2D eigenvalue weighted by molar-refractivity contribution is 0.0996. The summed E-state index contributed by atoms with van der Waals surface area (Å²) in [4.78, 5) is 0. The summed E-state index contributed by atoms with van der Waals surface area (Å²) in [5.41, 5.74) is 0.529. The SMILES string of the molecule is CCn1nc(C(F)(F)SC)cc1C(C)(C)C. The van der Waals surface area contributed by atoms with Crippen LogP contribution in [-0.4, -0.2) is 16.0 Å². The molecule has 0 fully saturated rings. The molecule has 16 heavy (non-hydrogen) atoms. The molecule has 0 aromatic carbocycles. The summed E-state index contributed by atoms with van der Waals surface area (Å²) in [6.07, 6.45) is 1.39. The second-order valence-corrected chi connectivity index (χ2v) is 5.62. The van der Waals surface area contributed by atoms with Gasteiger partial charge < -0.3 is 0 Å². The Morgan fingerprint density at radius 2 is 1.94 bits per heavy atom. The number of hydrogen-bond acceptors (Lipinski definition) is 2. The highest BCUT2D eigenvalue weighted by molar-refractivity contribution is 7.99. The van der Waals surface area contributed by atoms with Gasteiger partial charge in [0.15, 0.2) is 0 Å². The minimum atomic E-state index is -2.90. The lowest BCUT2D eigenvalue weighted by Gasteiger charge is -2.19. The largest absolute Gasteiger partial charge is 0.337 e. The summed E-state index contributed by atoms with van der Waals surface area (Å²) in [5.74, 6) is 0. The van der Waals surface area contributed by atoms with Crippen LogP contribution in [0.4, 0.5) is 8.78 Å². The molecule has 1 rings (SSSR count). The quantitative estimate of drug-likeness (QED) is 0.813. The topological polar surface area (TPSA) is 17.8 Å². The number of alkyl halides is 2. The Kier molecular flexibility index (Phi) is 3.67. The highest BCUT2D eigenvalue weighted by atomic mass is 32.2. The molecule has 1 aromatic rings. The van der Waals surface area contributed by atoms with Crippen molar-refractivity contribution in [3.63, 3.8) is 0 Å². The number of aryl methyl sites for hydroxylation is 1. The van der Waals surface area contributed by atoms with Crippen LogP contribution in [0, 0.1) is 0 Å². The van der Waals surface area contributed by atoms with Gasteiger partial charge in [0.2, 0.25) is 0 Å². The molecule has 0 bridgehead atoms. The zero-order valence-electron chi connectivity index (χ0n) is 10.3. The molecule has 0 aliphatic rings. The van der Waals surface area contributed by atoms with Crippen molar-refractivity contribution in [1.82, 2.24) is 9.78 Å². The maximum Gasteiger partial charge on any atom is 0.337 e. The van der Waals surface area contributed by atoms with Crippen LogP contribution in [0.5, 0.6) is 0 Å². The molecular formula is C11H18F2N2S. The van der Waals surface area contributed by atoms with Gasteiger partial charge in [0.1, 0.15) is 5.69 Å². The van der Waals surface area contributed by atoms with Gasteiger partial charge in [-0.2, -0.15) is 13.9 Å². The molecule has 0 radical (unpaired) electrons. The number of halogens is 2. The van der Waals surface area contributed by atoms with Crippen molar-refractivity contribution < 1.29 is 8.78 Å². The van der Waals surface area contributed by atoms with Gasteiger partial charge in [-0.15, -0.1) is 0 Å². The Labute approximate surface area is 99.4 Å². The third-order valence-corrected chi connectivity index (χ3v) is 3.12. The van der Waals surface area contributed by atoms with E-state index in [1.54, 1.807) is 4.68 Å². The van der Waals surface area contributed by atoms with Crippen LogP contribution < -0.4 is 0 Å². The van der Waals surface area contributed by atoms with Gasteiger partial charge in [-0.25, -0.2) is 0 Å². The van der Waals surface area contributed by atoms with Gasteiger partial charge in [-0.05, 0) is 19.2 Å². The van der Waals surface area contributed by atoms with Crippen LogP contribution in [0.1, 0.15) is 39.1 Å². The van der Waals surface area contributed by atoms with Crippen molar-refractivity contribution in [3.8, 4) is 0 Å². The van der Waals surface area contributed by atoms with E-state index in [9.17, 15) is 8.78 Å². The first-order valence-corrected chi connectivity index (χ1v) is 6.46. The van der Waals surface area contributed by atoms with Crippen molar-refractivity contribution >= 4 is 11.8 Å². The zero-order chi connectivity index (χ0) is 12.6. The molecule has 92 valence electrons. The standard InChI is InChI=1S/C11H18F2N2S/c1-6-15-9(10(2,3)4)7-8(14-15)11(12,13)16-5/h7H,6H2,1-5H3. The summed E-state index contributed by atoms with van der Waals surface area (Å²) in [5, 5.41) is 1.08. The molecule has 0 spiro atoms. The normalized spacial score (nSPS) is 13.2. The van der Waals surface area contributed by atoms with Crippen molar-refractivity contribution in [1.29, 1.82) is 0 Å². The minimum absolute atomic E-state index is 0.147. The van der Waals surface area contributed by atoms with Gasteiger partial charge in [0.25, 0.3) is 0 Å². The van der Waals surface area contributed by atoms with Gasteiger partial charge in [-0.1, -0.05) is 32.5 Å². The van der Waals surface area contributed by atoms with E-state index in [0.29, 0.717) is 18.3 Å². The van der Waals surface area contributed by atoms with Crippen LogP contribution in [0.3, 0.4) is 0 Å². The number of thioether (sulfide) groups is 1. The molecule has 0 amide bonds. The van der Waals surface area contributed by atoms with E-state index in [1.165, 1.54) is 12.3 Å². The predicted octanol–water partition coefficient (Wildman–Crippen LogP) is 3.61. The van der Waals surface area contributed by atoms with E-state index < -0.39 is 5.25 Å². The van der Waals surface area contributed by atoms with E-state index >= 15 is 0 Å². The van der Waals surface area contributed by atoms with Crippen LogP contribution in [0.2, 0.25) is 0 Å². The summed E-state index contributed by atoms with van der Waals surface area (Å²) in [7, 11) is 0. The van der Waals surface area contributed by atoms with Crippen LogP contribution in [-0.2, 0) is 17.2 Å². The lowest BCUT2D eigenvalue weighted by atomic mass is 9.92. The molecule has 0 saturated heterocycles. The first kappa shape index (κ1) is 13.5. The molecule has 0 unspecified atom stereocenters. The Morgan fingerprint density at radius 1 is 1.38 bits per heavy atom. The monoisotopic (exact) mass is 248 g/mol. The van der Waals surface area contributed by atoms with E-state index in [4.69, 9.17) is 0 Å². The second-order valence-electron chi connectivity index (χ2n) is 4.70. The van der Waals surface area contributed by atoms with Gasteiger partial charge in [0, 0.05) is 17.7 Å². The summed E-state index contributed by atoms with van der Waals surface area (Å²) < 4.78 is 28.6. The molecule has 0 N–H and O–H groups in total. The summed E-state index contributed by atoms with van der Waals surface area (Å²) in [6.45, 7) is 8.51. The third-order valence-electron chi connectivity index (χ3n) is 2.40. The van der Waals surface area contributed by atoms with Crippen molar-refractivity contribution in [2.45, 2.75) is 44.9 Å². The Balaban J connectivity index is 3.23. The fourth-order valence-corrected chi connectivity index (χ4v) is 1.82.